The highest BCUT2D eigenvalue weighted by Gasteiger charge is 2.35. The van der Waals surface area contributed by atoms with Crippen LogP contribution in [0, 0.1) is 0 Å². The lowest BCUT2D eigenvalue weighted by molar-refractivity contribution is -0.137. The van der Waals surface area contributed by atoms with Crippen molar-refractivity contribution in [2.75, 3.05) is 0 Å². The van der Waals surface area contributed by atoms with Gasteiger partial charge in [-0.3, -0.25) is 4.52 Å². The average Bonchev–Trinajstić information content (AvgIpc) is 3.35. The molecule has 4 rings (SSSR count). The molecule has 0 atom stereocenters. The van der Waals surface area contributed by atoms with Crippen LogP contribution in [0.3, 0.4) is 0 Å². The Hall–Kier alpha value is -3.18. The fourth-order valence-electron chi connectivity index (χ4n) is 2.55. The number of benzene rings is 2. The molecule has 2 heterocycles. The van der Waals surface area contributed by atoms with Gasteiger partial charge in [0.25, 0.3) is 0 Å². The van der Waals surface area contributed by atoms with Crippen LogP contribution in [-0.2, 0) is 12.8 Å². The van der Waals surface area contributed by atoms with Crippen LogP contribution in [-0.4, -0.2) is 30.3 Å². The van der Waals surface area contributed by atoms with Crippen LogP contribution in [0.4, 0.5) is 13.2 Å². The van der Waals surface area contributed by atoms with Crippen LogP contribution in [0.2, 0.25) is 10.0 Å². The Labute approximate surface area is 176 Å². The van der Waals surface area contributed by atoms with Crippen molar-refractivity contribution in [2.24, 2.45) is 0 Å². The summed E-state index contributed by atoms with van der Waals surface area (Å²) in [5, 5.41) is 14.8. The quantitative estimate of drug-likeness (QED) is 0.432. The van der Waals surface area contributed by atoms with Crippen molar-refractivity contribution in [3.63, 3.8) is 0 Å². The van der Waals surface area contributed by atoms with Gasteiger partial charge in [0, 0.05) is 10.6 Å². The first-order valence-electron chi connectivity index (χ1n) is 8.18. The van der Waals surface area contributed by atoms with Crippen molar-refractivity contribution >= 4 is 23.2 Å². The Bertz CT molecular complexity index is 1190. The summed E-state index contributed by atoms with van der Waals surface area (Å²) in [7, 11) is 0. The van der Waals surface area contributed by atoms with Gasteiger partial charge in [-0.1, -0.05) is 40.5 Å². The highest BCUT2D eigenvalue weighted by Crippen LogP contribution is 2.35. The highest BCUT2D eigenvalue weighted by molar-refractivity contribution is 6.33. The first-order valence-corrected chi connectivity index (χ1v) is 8.94. The van der Waals surface area contributed by atoms with E-state index in [0.717, 1.165) is 16.8 Å². The minimum atomic E-state index is -4.67. The first kappa shape index (κ1) is 20.1. The molecule has 8 nitrogen and oxygen atoms in total. The van der Waals surface area contributed by atoms with E-state index in [2.05, 4.69) is 25.7 Å². The monoisotopic (exact) mass is 456 g/mol. The van der Waals surface area contributed by atoms with Gasteiger partial charge in [0.05, 0.1) is 16.3 Å². The van der Waals surface area contributed by atoms with E-state index in [1.165, 1.54) is 6.07 Å². The molecule has 0 fully saturated rings. The maximum atomic E-state index is 13.4. The normalized spacial score (nSPS) is 11.6. The Morgan fingerprint density at radius 1 is 1.10 bits per heavy atom. The molecular weight excluding hydrogens is 448 g/mol. The number of ether oxygens (including phenoxy) is 1. The second-order valence-electron chi connectivity index (χ2n) is 5.82. The molecule has 0 aliphatic carbocycles. The maximum absolute atomic E-state index is 13.4. The van der Waals surface area contributed by atoms with Crippen LogP contribution in [0.1, 0.15) is 11.4 Å². The number of tetrazole rings is 1. The Morgan fingerprint density at radius 3 is 2.67 bits per heavy atom. The van der Waals surface area contributed by atoms with E-state index in [1.807, 2.05) is 0 Å². The van der Waals surface area contributed by atoms with Gasteiger partial charge in [-0.15, -0.1) is 5.10 Å². The lowest BCUT2D eigenvalue weighted by Crippen LogP contribution is -2.14. The van der Waals surface area contributed by atoms with Crippen LogP contribution in [0.15, 0.2) is 47.0 Å². The molecule has 2 aromatic carbocycles. The number of hydrogen-bond donors (Lipinski definition) is 0. The van der Waals surface area contributed by atoms with E-state index in [0.29, 0.717) is 10.6 Å². The van der Waals surface area contributed by atoms with E-state index in [9.17, 15) is 13.2 Å². The number of alkyl halides is 3. The molecule has 154 valence electrons. The standard InChI is InChI=1S/C17H9Cl2F3N6O2/c18-9-5-6-13(11(7-9)17(20,21)22)28-14(24-26-27-28)8-29-16-23-15(25-30-16)10-3-1-2-4-12(10)19/h1-7H,8H2. The molecule has 4 aromatic rings. The fraction of sp³-hybridized carbons (Fsp3) is 0.118. The molecule has 0 N–H and O–H groups in total. The third-order valence-corrected chi connectivity index (χ3v) is 4.44. The third kappa shape index (κ3) is 4.07. The summed E-state index contributed by atoms with van der Waals surface area (Å²) in [6.45, 7) is -0.336. The second kappa shape index (κ2) is 7.92. The topological polar surface area (TPSA) is 91.8 Å². The minimum absolute atomic E-state index is 0.0275. The van der Waals surface area contributed by atoms with Crippen molar-refractivity contribution in [2.45, 2.75) is 12.8 Å². The zero-order valence-electron chi connectivity index (χ0n) is 14.6. The van der Waals surface area contributed by atoms with E-state index >= 15 is 0 Å². The molecule has 2 aromatic heterocycles. The summed E-state index contributed by atoms with van der Waals surface area (Å²) in [5.74, 6) is 0.160. The van der Waals surface area contributed by atoms with Crippen LogP contribution in [0.5, 0.6) is 6.08 Å². The van der Waals surface area contributed by atoms with Crippen molar-refractivity contribution in [3.05, 3.63) is 63.9 Å². The van der Waals surface area contributed by atoms with Crippen molar-refractivity contribution < 1.29 is 22.4 Å². The smallest absolute Gasteiger partial charge is 0.418 e. The maximum Gasteiger partial charge on any atom is 0.418 e. The number of hydrogen-bond acceptors (Lipinski definition) is 7. The molecule has 0 unspecified atom stereocenters. The van der Waals surface area contributed by atoms with Gasteiger partial charge >= 0.3 is 12.3 Å². The van der Waals surface area contributed by atoms with Gasteiger partial charge in [-0.25, -0.2) is 0 Å². The third-order valence-electron chi connectivity index (χ3n) is 3.87. The van der Waals surface area contributed by atoms with Gasteiger partial charge in [-0.05, 0) is 40.8 Å². The van der Waals surface area contributed by atoms with Gasteiger partial charge in [0.2, 0.25) is 5.82 Å². The Balaban J connectivity index is 1.57. The van der Waals surface area contributed by atoms with Gasteiger partial charge in [0.15, 0.2) is 12.4 Å². The van der Waals surface area contributed by atoms with E-state index in [-0.39, 0.29) is 35.0 Å². The van der Waals surface area contributed by atoms with Gasteiger partial charge in [0.1, 0.15) is 0 Å². The number of rotatable bonds is 5. The summed E-state index contributed by atoms with van der Waals surface area (Å²) >= 11 is 11.8. The summed E-state index contributed by atoms with van der Waals surface area (Å²) in [5.41, 5.74) is -0.779. The Kier molecular flexibility index (Phi) is 5.31. The molecule has 0 spiro atoms. The predicted molar refractivity (Wildman–Crippen MR) is 98.2 cm³/mol. The number of aromatic nitrogens is 6. The molecule has 0 bridgehead atoms. The van der Waals surface area contributed by atoms with Gasteiger partial charge < -0.3 is 4.74 Å². The van der Waals surface area contributed by atoms with E-state index in [4.69, 9.17) is 32.5 Å². The molecule has 0 saturated carbocycles. The summed E-state index contributed by atoms with van der Waals surface area (Å²) in [6.07, 6.45) is -4.90. The lowest BCUT2D eigenvalue weighted by atomic mass is 10.1. The summed E-state index contributed by atoms with van der Waals surface area (Å²) < 4.78 is 51.4. The number of nitrogens with zero attached hydrogens (tertiary/aromatic N) is 6. The molecule has 30 heavy (non-hydrogen) atoms. The Morgan fingerprint density at radius 2 is 1.90 bits per heavy atom. The van der Waals surface area contributed by atoms with Crippen LogP contribution >= 0.6 is 23.2 Å². The minimum Gasteiger partial charge on any atom is -0.441 e. The van der Waals surface area contributed by atoms with Crippen molar-refractivity contribution in [1.82, 2.24) is 30.3 Å². The largest absolute Gasteiger partial charge is 0.441 e. The predicted octanol–water partition coefficient (Wildman–Crippen LogP) is 4.62. The second-order valence-corrected chi connectivity index (χ2v) is 6.66. The van der Waals surface area contributed by atoms with Gasteiger partial charge in [-0.2, -0.15) is 22.8 Å². The van der Waals surface area contributed by atoms with Crippen LogP contribution in [0.25, 0.3) is 17.1 Å². The molecule has 0 amide bonds. The summed E-state index contributed by atoms with van der Waals surface area (Å²) in [6, 6.07) is 10.1. The number of halogens is 5. The summed E-state index contributed by atoms with van der Waals surface area (Å²) in [4.78, 5) is 4.05. The van der Waals surface area contributed by atoms with Crippen LogP contribution < -0.4 is 4.74 Å². The van der Waals surface area contributed by atoms with E-state index < -0.39 is 11.7 Å². The highest BCUT2D eigenvalue weighted by atomic mass is 35.5. The first-order chi connectivity index (χ1) is 14.3. The SMILES string of the molecule is FC(F)(F)c1cc(Cl)ccc1-n1nnnc1COc1nc(-c2ccccc2Cl)no1. The van der Waals surface area contributed by atoms with Crippen molar-refractivity contribution in [3.8, 4) is 23.2 Å². The van der Waals surface area contributed by atoms with Crippen molar-refractivity contribution in [1.29, 1.82) is 0 Å². The molecule has 0 radical (unpaired) electrons. The molecule has 0 aliphatic heterocycles. The zero-order chi connectivity index (χ0) is 21.3. The molecule has 13 heteroatoms. The molecular formula is C17H9Cl2F3N6O2. The molecule has 0 saturated heterocycles. The molecule has 0 aliphatic rings. The van der Waals surface area contributed by atoms with E-state index in [1.54, 1.807) is 24.3 Å². The lowest BCUT2D eigenvalue weighted by Gasteiger charge is -2.13. The average molecular weight is 457 g/mol. The zero-order valence-corrected chi connectivity index (χ0v) is 16.2. The fourth-order valence-corrected chi connectivity index (χ4v) is 2.94.